The Hall–Kier alpha value is -2.33. The van der Waals surface area contributed by atoms with E-state index in [0.717, 1.165) is 11.1 Å². The van der Waals surface area contributed by atoms with Crippen molar-refractivity contribution in [1.82, 2.24) is 5.32 Å². The lowest BCUT2D eigenvalue weighted by atomic mass is 10.1. The number of methoxy groups -OCH3 is 1. The maximum Gasteiger partial charge on any atom is 0.255 e. The zero-order chi connectivity index (χ0) is 20.7. The summed E-state index contributed by atoms with van der Waals surface area (Å²) in [5, 5.41) is 8.67. The van der Waals surface area contributed by atoms with Gasteiger partial charge >= 0.3 is 0 Å². The fourth-order valence-corrected chi connectivity index (χ4v) is 3.27. The molecule has 0 fully saturated rings. The minimum Gasteiger partial charge on any atom is -0.493 e. The molecule has 1 amide bonds. The van der Waals surface area contributed by atoms with Gasteiger partial charge in [-0.2, -0.15) is 0 Å². The van der Waals surface area contributed by atoms with Gasteiger partial charge in [-0.25, -0.2) is 13.6 Å². The predicted molar refractivity (Wildman–Crippen MR) is 106 cm³/mol. The number of ether oxygens (including phenoxy) is 2. The van der Waals surface area contributed by atoms with Crippen molar-refractivity contribution in [3.05, 3.63) is 52.5 Å². The Balaban J connectivity index is 1.92. The minimum atomic E-state index is -3.68. The molecular formula is C18H22ClN3O5S. The van der Waals surface area contributed by atoms with Gasteiger partial charge in [0.05, 0.1) is 17.0 Å². The molecule has 0 unspecified atom stereocenters. The number of primary sulfonamides is 1. The average Bonchev–Trinajstić information content (AvgIpc) is 2.63. The molecule has 2 aromatic carbocycles. The van der Waals surface area contributed by atoms with Gasteiger partial charge in [0.1, 0.15) is 0 Å². The molecule has 0 heterocycles. The maximum atomic E-state index is 11.3. The van der Waals surface area contributed by atoms with E-state index < -0.39 is 15.9 Å². The van der Waals surface area contributed by atoms with Crippen LogP contribution in [0.25, 0.3) is 0 Å². The highest BCUT2D eigenvalue weighted by Gasteiger charge is 2.13. The van der Waals surface area contributed by atoms with Crippen molar-refractivity contribution in [2.45, 2.75) is 17.9 Å². The Morgan fingerprint density at radius 3 is 2.43 bits per heavy atom. The molecule has 0 aliphatic heterocycles. The summed E-state index contributed by atoms with van der Waals surface area (Å²) in [4.78, 5) is 11.0. The third kappa shape index (κ3) is 6.38. The van der Waals surface area contributed by atoms with Crippen molar-refractivity contribution in [2.75, 3.05) is 20.3 Å². The molecule has 0 aromatic heterocycles. The fourth-order valence-electron chi connectivity index (χ4n) is 2.47. The summed E-state index contributed by atoms with van der Waals surface area (Å²) in [5.74, 6) is 0.0618. The van der Waals surface area contributed by atoms with Crippen LogP contribution in [0, 0.1) is 0 Å². The van der Waals surface area contributed by atoms with Gasteiger partial charge in [-0.3, -0.25) is 4.79 Å². The topological polar surface area (TPSA) is 134 Å². The molecular weight excluding hydrogens is 406 g/mol. The van der Waals surface area contributed by atoms with Crippen LogP contribution in [0.1, 0.15) is 11.1 Å². The SMILES string of the molecule is COc1cc(CNCCc2ccc(S(N)(=O)=O)cc2)cc(Cl)c1OCC(N)=O. The summed E-state index contributed by atoms with van der Waals surface area (Å²) in [7, 11) is -2.20. The Kier molecular flexibility index (Phi) is 7.64. The number of hydrogen-bond acceptors (Lipinski definition) is 6. The van der Waals surface area contributed by atoms with Crippen LogP contribution in [0.3, 0.4) is 0 Å². The Bertz CT molecular complexity index is 933. The number of hydrogen-bond donors (Lipinski definition) is 3. The molecule has 8 nitrogen and oxygen atoms in total. The van der Waals surface area contributed by atoms with Crippen molar-refractivity contribution < 1.29 is 22.7 Å². The molecule has 28 heavy (non-hydrogen) atoms. The first kappa shape index (κ1) is 22.0. The van der Waals surface area contributed by atoms with Crippen LogP contribution in [0.4, 0.5) is 0 Å². The Morgan fingerprint density at radius 1 is 1.18 bits per heavy atom. The van der Waals surface area contributed by atoms with Crippen LogP contribution in [0.2, 0.25) is 5.02 Å². The highest BCUT2D eigenvalue weighted by atomic mass is 35.5. The summed E-state index contributed by atoms with van der Waals surface area (Å²) in [6.45, 7) is 0.897. The van der Waals surface area contributed by atoms with Crippen molar-refractivity contribution >= 4 is 27.5 Å². The van der Waals surface area contributed by atoms with E-state index in [0.29, 0.717) is 30.3 Å². The number of nitrogens with one attached hydrogen (secondary N) is 1. The van der Waals surface area contributed by atoms with Gasteiger partial charge in [0, 0.05) is 6.54 Å². The van der Waals surface area contributed by atoms with Crippen molar-refractivity contribution in [3.63, 3.8) is 0 Å². The highest BCUT2D eigenvalue weighted by Crippen LogP contribution is 2.36. The van der Waals surface area contributed by atoms with E-state index in [1.54, 1.807) is 24.3 Å². The molecule has 10 heteroatoms. The minimum absolute atomic E-state index is 0.0876. The van der Waals surface area contributed by atoms with Gasteiger partial charge in [-0.05, 0) is 48.4 Å². The largest absolute Gasteiger partial charge is 0.493 e. The third-order valence-electron chi connectivity index (χ3n) is 3.82. The molecule has 152 valence electrons. The molecule has 2 aromatic rings. The zero-order valence-electron chi connectivity index (χ0n) is 15.3. The maximum absolute atomic E-state index is 11.3. The van der Waals surface area contributed by atoms with E-state index in [2.05, 4.69) is 5.32 Å². The lowest BCUT2D eigenvalue weighted by Gasteiger charge is -2.14. The molecule has 0 saturated heterocycles. The van der Waals surface area contributed by atoms with Gasteiger partial charge in [-0.15, -0.1) is 0 Å². The third-order valence-corrected chi connectivity index (χ3v) is 5.03. The summed E-state index contributed by atoms with van der Waals surface area (Å²) >= 11 is 6.21. The second-order valence-corrected chi connectivity index (χ2v) is 7.95. The van der Waals surface area contributed by atoms with E-state index in [9.17, 15) is 13.2 Å². The number of nitrogens with two attached hydrogens (primary N) is 2. The number of primary amides is 1. The number of carbonyl (C=O) groups excluding carboxylic acids is 1. The number of benzene rings is 2. The zero-order valence-corrected chi connectivity index (χ0v) is 16.8. The monoisotopic (exact) mass is 427 g/mol. The van der Waals surface area contributed by atoms with E-state index in [1.165, 1.54) is 19.2 Å². The van der Waals surface area contributed by atoms with E-state index in [4.69, 9.17) is 31.9 Å². The number of sulfonamides is 1. The lowest BCUT2D eigenvalue weighted by Crippen LogP contribution is -2.20. The molecule has 0 aliphatic carbocycles. The van der Waals surface area contributed by atoms with E-state index >= 15 is 0 Å². The predicted octanol–water partition coefficient (Wildman–Crippen LogP) is 1.19. The van der Waals surface area contributed by atoms with Crippen LogP contribution in [-0.2, 0) is 27.8 Å². The fraction of sp³-hybridized carbons (Fsp3) is 0.278. The first-order valence-corrected chi connectivity index (χ1v) is 10.2. The van der Waals surface area contributed by atoms with Gasteiger partial charge in [0.25, 0.3) is 5.91 Å². The highest BCUT2D eigenvalue weighted by molar-refractivity contribution is 7.89. The van der Waals surface area contributed by atoms with Gasteiger partial charge < -0.3 is 20.5 Å². The van der Waals surface area contributed by atoms with Gasteiger partial charge in [0.2, 0.25) is 10.0 Å². The van der Waals surface area contributed by atoms with Crippen LogP contribution >= 0.6 is 11.6 Å². The lowest BCUT2D eigenvalue weighted by molar-refractivity contribution is -0.119. The standard InChI is InChI=1S/C18H22ClN3O5S/c1-26-16-9-13(8-15(19)18(16)27-11-17(20)23)10-22-7-6-12-2-4-14(5-3-12)28(21,24)25/h2-5,8-9,22H,6-7,10-11H2,1H3,(H2,20,23)(H2,21,24,25). The molecule has 0 radical (unpaired) electrons. The molecule has 0 atom stereocenters. The van der Waals surface area contributed by atoms with Crippen LogP contribution < -0.4 is 25.7 Å². The Morgan fingerprint density at radius 2 is 1.86 bits per heavy atom. The van der Waals surface area contributed by atoms with Crippen LogP contribution in [-0.4, -0.2) is 34.6 Å². The first-order valence-electron chi connectivity index (χ1n) is 8.30. The summed E-state index contributed by atoms with van der Waals surface area (Å²) in [6, 6.07) is 9.91. The van der Waals surface area contributed by atoms with Crippen LogP contribution in [0.15, 0.2) is 41.3 Å². The van der Waals surface area contributed by atoms with Crippen molar-refractivity contribution in [1.29, 1.82) is 0 Å². The number of halogens is 1. The van der Waals surface area contributed by atoms with Crippen molar-refractivity contribution in [2.24, 2.45) is 10.9 Å². The molecule has 0 bridgehead atoms. The molecule has 0 saturated carbocycles. The smallest absolute Gasteiger partial charge is 0.255 e. The summed E-state index contributed by atoms with van der Waals surface area (Å²) in [6.07, 6.45) is 0.704. The Labute approximate surface area is 168 Å². The van der Waals surface area contributed by atoms with Gasteiger partial charge in [0.15, 0.2) is 18.1 Å². The molecule has 0 spiro atoms. The quantitative estimate of drug-likeness (QED) is 0.487. The summed E-state index contributed by atoms with van der Waals surface area (Å²) in [5.41, 5.74) is 6.93. The second kappa shape index (κ2) is 9.74. The number of amides is 1. The number of rotatable bonds is 10. The molecule has 0 aliphatic rings. The second-order valence-electron chi connectivity index (χ2n) is 5.98. The number of carbonyl (C=O) groups is 1. The van der Waals surface area contributed by atoms with E-state index in [1.807, 2.05) is 0 Å². The average molecular weight is 428 g/mol. The summed E-state index contributed by atoms with van der Waals surface area (Å²) < 4.78 is 33.1. The van der Waals surface area contributed by atoms with Crippen LogP contribution in [0.5, 0.6) is 11.5 Å². The van der Waals surface area contributed by atoms with E-state index in [-0.39, 0.29) is 17.3 Å². The molecule has 2 rings (SSSR count). The molecule has 5 N–H and O–H groups in total. The van der Waals surface area contributed by atoms with Gasteiger partial charge in [-0.1, -0.05) is 23.7 Å². The first-order chi connectivity index (χ1) is 13.2. The normalized spacial score (nSPS) is 11.2. The van der Waals surface area contributed by atoms with Crippen molar-refractivity contribution in [3.8, 4) is 11.5 Å².